The molecular formula is C21H19F3N4OP2. The standard InChI is InChI=1S/C14H12N4O.C7H7F3P2/c15-12-9-18-8-11(6-7-13(18)16-12)14(17-19)10-4-2-1-3-5-10;1-2-3(8)4(9)7(12)5(10)6(2)11/h1-9,19H,15H2;11-12H2,1H3/b17-14+;. The summed E-state index contributed by atoms with van der Waals surface area (Å²) in [4.78, 5) is 4.15. The van der Waals surface area contributed by atoms with Crippen LogP contribution in [0.5, 0.6) is 0 Å². The second-order valence-corrected chi connectivity index (χ2v) is 7.71. The molecule has 0 aliphatic rings. The van der Waals surface area contributed by atoms with E-state index in [9.17, 15) is 18.4 Å². The summed E-state index contributed by atoms with van der Waals surface area (Å²) >= 11 is 0. The topological polar surface area (TPSA) is 75.9 Å². The number of nitrogens with two attached hydrogens (primary N) is 1. The van der Waals surface area contributed by atoms with Gasteiger partial charge in [0.05, 0.1) is 6.20 Å². The van der Waals surface area contributed by atoms with Gasteiger partial charge in [0.15, 0.2) is 11.6 Å². The summed E-state index contributed by atoms with van der Waals surface area (Å²) in [5.41, 5.74) is 8.54. The maximum Gasteiger partial charge on any atom is 0.169 e. The van der Waals surface area contributed by atoms with Crippen molar-refractivity contribution in [1.82, 2.24) is 9.38 Å². The molecule has 2 atom stereocenters. The third kappa shape index (κ3) is 4.71. The lowest BCUT2D eigenvalue weighted by Gasteiger charge is -2.07. The molecule has 0 amide bonds. The van der Waals surface area contributed by atoms with E-state index < -0.39 is 17.5 Å². The Bertz CT molecular complexity index is 1170. The van der Waals surface area contributed by atoms with Gasteiger partial charge in [-0.3, -0.25) is 0 Å². The van der Waals surface area contributed by atoms with E-state index in [4.69, 9.17) is 5.73 Å². The summed E-state index contributed by atoms with van der Waals surface area (Å²) in [5, 5.41) is 12.4. The van der Waals surface area contributed by atoms with E-state index in [1.54, 1.807) is 10.6 Å². The molecule has 160 valence electrons. The van der Waals surface area contributed by atoms with Crippen LogP contribution < -0.4 is 16.3 Å². The van der Waals surface area contributed by atoms with Crippen molar-refractivity contribution in [2.75, 3.05) is 5.73 Å². The van der Waals surface area contributed by atoms with Crippen molar-refractivity contribution in [2.24, 2.45) is 5.16 Å². The van der Waals surface area contributed by atoms with Crippen LogP contribution in [0, 0.1) is 24.4 Å². The lowest BCUT2D eigenvalue weighted by molar-refractivity contribution is 0.319. The molecule has 2 aromatic carbocycles. The van der Waals surface area contributed by atoms with E-state index in [2.05, 4.69) is 10.1 Å². The van der Waals surface area contributed by atoms with Gasteiger partial charge in [0.1, 0.15) is 23.0 Å². The molecule has 31 heavy (non-hydrogen) atoms. The summed E-state index contributed by atoms with van der Waals surface area (Å²) < 4.78 is 40.4. The number of anilines is 1. The van der Waals surface area contributed by atoms with Gasteiger partial charge in [-0.1, -0.05) is 44.7 Å². The van der Waals surface area contributed by atoms with Gasteiger partial charge in [-0.2, -0.15) is 0 Å². The number of hydrogen-bond donors (Lipinski definition) is 2. The Morgan fingerprint density at radius 3 is 2.26 bits per heavy atom. The van der Waals surface area contributed by atoms with E-state index in [0.29, 0.717) is 11.5 Å². The molecule has 0 spiro atoms. The third-order valence-corrected chi connectivity index (χ3v) is 5.72. The molecule has 0 bridgehead atoms. The minimum absolute atomic E-state index is 0.0128. The fourth-order valence-electron chi connectivity index (χ4n) is 2.84. The van der Waals surface area contributed by atoms with Gasteiger partial charge in [-0.05, 0) is 24.6 Å². The molecule has 4 aromatic rings. The zero-order chi connectivity index (χ0) is 22.7. The Morgan fingerprint density at radius 2 is 1.61 bits per heavy atom. The van der Waals surface area contributed by atoms with Crippen LogP contribution in [0.15, 0.2) is 60.0 Å². The Balaban J connectivity index is 0.000000196. The largest absolute Gasteiger partial charge is 0.410 e. The highest BCUT2D eigenvalue weighted by molar-refractivity contribution is 7.29. The van der Waals surface area contributed by atoms with Crippen molar-refractivity contribution in [1.29, 1.82) is 0 Å². The lowest BCUT2D eigenvalue weighted by Crippen LogP contribution is -2.20. The van der Waals surface area contributed by atoms with Crippen molar-refractivity contribution >= 4 is 46.3 Å². The molecule has 5 nitrogen and oxygen atoms in total. The number of oxime groups is 1. The minimum atomic E-state index is -1.14. The van der Waals surface area contributed by atoms with Crippen LogP contribution in [0.1, 0.15) is 16.7 Å². The SMILES string of the molecule is Cc1c(F)c(F)c(P)c(F)c1P.Nc1cn2cc(/C(=N/O)c3ccccc3)ccc2n1. The van der Waals surface area contributed by atoms with Crippen LogP contribution in [0.2, 0.25) is 0 Å². The van der Waals surface area contributed by atoms with E-state index in [0.717, 1.165) is 16.8 Å². The number of hydrogen-bond acceptors (Lipinski definition) is 4. The van der Waals surface area contributed by atoms with Crippen molar-refractivity contribution < 1.29 is 18.4 Å². The van der Waals surface area contributed by atoms with Crippen LogP contribution in [0.25, 0.3) is 5.65 Å². The second kappa shape index (κ2) is 9.46. The number of nitrogen functional groups attached to an aromatic ring is 1. The number of fused-ring (bicyclic) bond motifs is 1. The molecule has 4 rings (SSSR count). The molecule has 0 radical (unpaired) electrons. The van der Waals surface area contributed by atoms with Crippen molar-refractivity contribution in [3.8, 4) is 0 Å². The second-order valence-electron chi connectivity index (χ2n) is 6.56. The van der Waals surface area contributed by atoms with Gasteiger partial charge in [0, 0.05) is 27.9 Å². The first-order valence-corrected chi connectivity index (χ1v) is 10.1. The molecular weight excluding hydrogens is 443 g/mol. The first-order chi connectivity index (χ1) is 14.7. The molecule has 0 fully saturated rings. The molecule has 3 N–H and O–H groups in total. The average molecular weight is 462 g/mol. The zero-order valence-electron chi connectivity index (χ0n) is 16.4. The number of nitrogens with zero attached hydrogens (tertiary/aromatic N) is 3. The number of benzene rings is 2. The Morgan fingerprint density at radius 1 is 0.935 bits per heavy atom. The van der Waals surface area contributed by atoms with Crippen molar-refractivity contribution in [3.05, 3.63) is 89.0 Å². The number of rotatable bonds is 2. The highest BCUT2D eigenvalue weighted by Gasteiger charge is 2.17. The van der Waals surface area contributed by atoms with Gasteiger partial charge in [0.25, 0.3) is 0 Å². The minimum Gasteiger partial charge on any atom is -0.410 e. The summed E-state index contributed by atoms with van der Waals surface area (Å²) in [6.45, 7) is 1.33. The molecule has 0 saturated carbocycles. The monoisotopic (exact) mass is 462 g/mol. The summed E-state index contributed by atoms with van der Waals surface area (Å²) in [5.74, 6) is -2.41. The first kappa shape index (κ1) is 22.7. The quantitative estimate of drug-likeness (QED) is 0.157. The maximum absolute atomic E-state index is 13.0. The van der Waals surface area contributed by atoms with Crippen LogP contribution in [0.3, 0.4) is 0 Å². The normalized spacial score (nSPS) is 11.4. The van der Waals surface area contributed by atoms with Crippen molar-refractivity contribution in [3.63, 3.8) is 0 Å². The predicted molar refractivity (Wildman–Crippen MR) is 123 cm³/mol. The molecule has 0 aliphatic heterocycles. The molecule has 2 unspecified atom stereocenters. The van der Waals surface area contributed by atoms with Gasteiger partial charge in [-0.15, -0.1) is 9.24 Å². The van der Waals surface area contributed by atoms with Crippen LogP contribution >= 0.6 is 18.5 Å². The number of halogens is 3. The van der Waals surface area contributed by atoms with Crippen LogP contribution in [-0.2, 0) is 0 Å². The molecule has 2 aromatic heterocycles. The zero-order valence-corrected chi connectivity index (χ0v) is 18.7. The van der Waals surface area contributed by atoms with Gasteiger partial charge < -0.3 is 15.3 Å². The smallest absolute Gasteiger partial charge is 0.169 e. The predicted octanol–water partition coefficient (Wildman–Crippen LogP) is 3.56. The van der Waals surface area contributed by atoms with Gasteiger partial charge in [0.2, 0.25) is 0 Å². The van der Waals surface area contributed by atoms with E-state index >= 15 is 0 Å². The Kier molecular flexibility index (Phi) is 6.94. The number of aromatic nitrogens is 2. The maximum atomic E-state index is 13.0. The number of imidazole rings is 1. The molecule has 2 heterocycles. The highest BCUT2D eigenvalue weighted by Crippen LogP contribution is 2.15. The van der Waals surface area contributed by atoms with E-state index in [-0.39, 0.29) is 16.2 Å². The van der Waals surface area contributed by atoms with E-state index in [1.165, 1.54) is 6.92 Å². The molecule has 0 aliphatic carbocycles. The summed E-state index contributed by atoms with van der Waals surface area (Å²) in [6, 6.07) is 13.2. The Hall–Kier alpha value is -2.95. The lowest BCUT2D eigenvalue weighted by atomic mass is 10.0. The fraction of sp³-hybridized carbons (Fsp3) is 0.0476. The van der Waals surface area contributed by atoms with Crippen LogP contribution in [-0.4, -0.2) is 20.3 Å². The van der Waals surface area contributed by atoms with Gasteiger partial charge >= 0.3 is 0 Å². The summed E-state index contributed by atoms with van der Waals surface area (Å²) in [7, 11) is 3.87. The van der Waals surface area contributed by atoms with Crippen LogP contribution in [0.4, 0.5) is 19.0 Å². The molecule has 10 heteroatoms. The number of pyridine rings is 1. The fourth-order valence-corrected chi connectivity index (χ4v) is 3.57. The Labute approximate surface area is 181 Å². The average Bonchev–Trinajstić information content (AvgIpc) is 3.16. The molecule has 0 saturated heterocycles. The van der Waals surface area contributed by atoms with Crippen molar-refractivity contribution in [2.45, 2.75) is 6.92 Å². The summed E-state index contributed by atoms with van der Waals surface area (Å²) in [6.07, 6.45) is 3.56. The first-order valence-electron chi connectivity index (χ1n) is 8.94. The highest BCUT2D eigenvalue weighted by atomic mass is 31.0. The third-order valence-electron chi connectivity index (χ3n) is 4.53. The van der Waals surface area contributed by atoms with Gasteiger partial charge in [-0.25, -0.2) is 18.2 Å². The van der Waals surface area contributed by atoms with E-state index in [1.807, 2.05) is 67.1 Å².